The minimum atomic E-state index is -1.68. The summed E-state index contributed by atoms with van der Waals surface area (Å²) < 4.78 is 0. The average molecular weight is 783 g/mol. The molecule has 0 amide bonds. The number of hydrogen-bond donors (Lipinski definition) is 2. The molecule has 0 aromatic heterocycles. The predicted octanol–water partition coefficient (Wildman–Crippen LogP) is 4.39. The van der Waals surface area contributed by atoms with Gasteiger partial charge in [-0.25, -0.2) is 0 Å². The molecule has 4 aliphatic rings. The molecule has 2 unspecified atom stereocenters. The zero-order valence-electron chi connectivity index (χ0n) is 30.2. The summed E-state index contributed by atoms with van der Waals surface area (Å²) in [6.45, 7) is 19.3. The summed E-state index contributed by atoms with van der Waals surface area (Å²) in [6.07, 6.45) is 16.4. The van der Waals surface area contributed by atoms with Gasteiger partial charge in [-0.2, -0.15) is 0 Å². The molecule has 0 radical (unpaired) electrons. The smallest absolute Gasteiger partial charge is 1.00 e. The van der Waals surface area contributed by atoms with Crippen LogP contribution in [-0.2, 0) is 24.6 Å². The van der Waals surface area contributed by atoms with E-state index in [0.29, 0.717) is 5.92 Å². The summed E-state index contributed by atoms with van der Waals surface area (Å²) in [7, 11) is 0. The van der Waals surface area contributed by atoms with Gasteiger partial charge in [0.2, 0.25) is 0 Å². The van der Waals surface area contributed by atoms with Crippen molar-refractivity contribution >= 4 is 12.7 Å². The van der Waals surface area contributed by atoms with Crippen LogP contribution in [0, 0.1) is 41.5 Å². The van der Waals surface area contributed by atoms with E-state index in [-0.39, 0.29) is 49.4 Å². The Kier molecular flexibility index (Phi) is 14.1. The Morgan fingerprint density at radius 1 is 0.723 bits per heavy atom. The van der Waals surface area contributed by atoms with Gasteiger partial charge >= 0.3 is 19.5 Å². The number of aryl methyl sites for hydroxylation is 6. The normalized spacial score (nSPS) is 23.0. The van der Waals surface area contributed by atoms with Gasteiger partial charge in [0, 0.05) is 24.2 Å². The largest absolute Gasteiger partial charge is 2.00 e. The maximum Gasteiger partial charge on any atom is 2.00 e. The molecule has 260 valence electrons. The SMILES string of the molecule is CC(C)=CC=P(C1CCCC1)(C1CCCC1)C1(c2c(C)cc(C)cc2C)CC(=C2NCCN2)C(c2c(C)cc(C)cc2C)C1.[Cl-].[Cl-].[Ru+2]. The Hall–Kier alpha value is -0.977. The molecule has 2 aromatic rings. The average Bonchev–Trinajstić information content (AvgIpc) is 3.77. The number of rotatable bonds is 6. The van der Waals surface area contributed by atoms with Gasteiger partial charge in [0.1, 0.15) is 0 Å². The number of hydrogen-bond acceptors (Lipinski definition) is 2. The third-order valence-electron chi connectivity index (χ3n) is 12.0. The van der Waals surface area contributed by atoms with Crippen molar-refractivity contribution in [1.29, 1.82) is 0 Å². The van der Waals surface area contributed by atoms with Crippen LogP contribution in [0.4, 0.5) is 0 Å². The van der Waals surface area contributed by atoms with Gasteiger partial charge in [-0.15, -0.1) is 0 Å². The number of nitrogens with one attached hydrogen (secondary N) is 2. The van der Waals surface area contributed by atoms with E-state index < -0.39 is 6.89 Å². The van der Waals surface area contributed by atoms with E-state index in [0.717, 1.165) is 24.4 Å². The van der Waals surface area contributed by atoms with Gasteiger partial charge in [0.05, 0.1) is 5.82 Å². The summed E-state index contributed by atoms with van der Waals surface area (Å²) in [5, 5.41) is 7.90. The first-order valence-electron chi connectivity index (χ1n) is 17.8. The van der Waals surface area contributed by atoms with Crippen molar-refractivity contribution in [1.82, 2.24) is 10.6 Å². The predicted molar refractivity (Wildman–Crippen MR) is 195 cm³/mol. The van der Waals surface area contributed by atoms with Crippen molar-refractivity contribution < 1.29 is 44.3 Å². The molecule has 2 N–H and O–H groups in total. The van der Waals surface area contributed by atoms with Crippen LogP contribution in [0.15, 0.2) is 47.3 Å². The second kappa shape index (κ2) is 16.4. The minimum Gasteiger partial charge on any atom is -1.00 e. The van der Waals surface area contributed by atoms with Gasteiger partial charge in [-0.3, -0.25) is 0 Å². The van der Waals surface area contributed by atoms with Crippen molar-refractivity contribution in [3.05, 3.63) is 91.8 Å². The molecule has 4 fully saturated rings. The van der Waals surface area contributed by atoms with Gasteiger partial charge in [0.15, 0.2) is 0 Å². The fourth-order valence-electron chi connectivity index (χ4n) is 10.8. The van der Waals surface area contributed by atoms with Crippen molar-refractivity contribution in [2.24, 2.45) is 0 Å². The quantitative estimate of drug-likeness (QED) is 0.336. The molecule has 1 aliphatic heterocycles. The number of benzene rings is 2. The van der Waals surface area contributed by atoms with Crippen LogP contribution < -0.4 is 35.4 Å². The molecule has 6 heteroatoms. The van der Waals surface area contributed by atoms with Crippen LogP contribution in [0.1, 0.15) is 128 Å². The van der Waals surface area contributed by atoms with E-state index in [4.69, 9.17) is 0 Å². The van der Waals surface area contributed by atoms with Gasteiger partial charge in [-0.1, -0.05) is 85.4 Å². The molecule has 1 saturated heterocycles. The summed E-state index contributed by atoms with van der Waals surface area (Å²) >= 11 is 0. The standard InChI is InChI=1S/C41H59N2P.2ClH.Ru/c1-27(2)17-20-44(34-13-9-10-14-34,35-15-11-12-16-35)41(39-32(7)23-29(4)24-33(39)8)25-36(37(26-41)40-42-18-19-43-40)38-30(5)21-28(3)22-31(38)6;;;/h17,20-24,34-36,42-43H,9-16,18-19,25-26H2,1-8H3;2*1H;/q;;;+2/p-2. The first-order valence-corrected chi connectivity index (χ1v) is 19.8. The second-order valence-electron chi connectivity index (χ2n) is 15.4. The van der Waals surface area contributed by atoms with E-state index in [9.17, 15) is 0 Å². The maximum absolute atomic E-state index is 3.88. The monoisotopic (exact) mass is 782 g/mol. The van der Waals surface area contributed by atoms with Crippen LogP contribution in [0.3, 0.4) is 0 Å². The van der Waals surface area contributed by atoms with Crippen LogP contribution in [0.5, 0.6) is 0 Å². The molecular weight excluding hydrogens is 723 g/mol. The van der Waals surface area contributed by atoms with E-state index >= 15 is 0 Å². The molecule has 2 aromatic carbocycles. The second-order valence-corrected chi connectivity index (χ2v) is 19.7. The molecule has 47 heavy (non-hydrogen) atoms. The molecule has 3 aliphatic carbocycles. The van der Waals surface area contributed by atoms with E-state index in [1.807, 2.05) is 0 Å². The van der Waals surface area contributed by atoms with Crippen molar-refractivity contribution in [3.8, 4) is 0 Å². The van der Waals surface area contributed by atoms with Crippen LogP contribution in [-0.4, -0.2) is 30.2 Å². The van der Waals surface area contributed by atoms with E-state index in [1.54, 1.807) is 27.8 Å². The zero-order chi connectivity index (χ0) is 31.2. The molecule has 0 spiro atoms. The Bertz CT molecular complexity index is 1470. The maximum atomic E-state index is 3.88. The van der Waals surface area contributed by atoms with Crippen molar-refractivity contribution in [2.75, 3.05) is 13.1 Å². The van der Waals surface area contributed by atoms with Crippen molar-refractivity contribution in [3.63, 3.8) is 0 Å². The molecule has 1 heterocycles. The Morgan fingerprint density at radius 3 is 1.62 bits per heavy atom. The Balaban J connectivity index is 0.00000200. The Labute approximate surface area is 312 Å². The fourth-order valence-corrected chi connectivity index (χ4v) is 18.3. The van der Waals surface area contributed by atoms with Gasteiger partial charge in [-0.05, 0) is 144 Å². The first-order chi connectivity index (χ1) is 21.1. The van der Waals surface area contributed by atoms with Crippen LogP contribution in [0.2, 0.25) is 0 Å². The topological polar surface area (TPSA) is 24.1 Å². The van der Waals surface area contributed by atoms with E-state index in [2.05, 4.69) is 102 Å². The zero-order valence-corrected chi connectivity index (χ0v) is 34.4. The first kappa shape index (κ1) is 40.5. The minimum absolute atomic E-state index is 0. The summed E-state index contributed by atoms with van der Waals surface area (Å²) in [4.78, 5) is 0. The number of halogens is 2. The third-order valence-corrected chi connectivity index (χ3v) is 18.1. The summed E-state index contributed by atoms with van der Waals surface area (Å²) in [6, 6.07) is 9.96. The van der Waals surface area contributed by atoms with Gasteiger partial charge in [0.25, 0.3) is 0 Å². The molecular formula is C41H59Cl2N2PRu. The van der Waals surface area contributed by atoms with Crippen LogP contribution in [0.25, 0.3) is 0 Å². The molecule has 6 rings (SSSR count). The molecule has 2 atom stereocenters. The van der Waals surface area contributed by atoms with E-state index in [1.165, 1.54) is 97.9 Å². The van der Waals surface area contributed by atoms with Crippen LogP contribution >= 0.6 is 6.89 Å². The Morgan fingerprint density at radius 2 is 1.17 bits per heavy atom. The van der Waals surface area contributed by atoms with Gasteiger partial charge < -0.3 is 35.4 Å². The molecule has 3 saturated carbocycles. The summed E-state index contributed by atoms with van der Waals surface area (Å²) in [5.74, 6) is 4.75. The molecule has 0 bridgehead atoms. The van der Waals surface area contributed by atoms with Crippen molar-refractivity contribution in [2.45, 2.75) is 142 Å². The number of allylic oxidation sites excluding steroid dienone is 3. The summed E-state index contributed by atoms with van der Waals surface area (Å²) in [5.41, 5.74) is 17.0. The fraction of sp³-hybridized carbons (Fsp3) is 0.585. The third kappa shape index (κ3) is 7.28. The molecule has 2 nitrogen and oxygen atoms in total.